The van der Waals surface area contributed by atoms with Crippen molar-refractivity contribution in [1.29, 1.82) is 0 Å². The SMILES string of the molecule is C[C@H]1CC2C[C@@H](S(=O)(=O)c3cc(C(=O)Nc4cc(F)c(F)c(F)c4)ccc3Cl)C[C@H]1[C@@]2(O)CNC(=O)C1CC=CC1. The predicted octanol–water partition coefficient (Wildman–Crippen LogP) is 5.03. The Hall–Kier alpha value is -2.89. The van der Waals surface area contributed by atoms with Crippen molar-refractivity contribution in [2.75, 3.05) is 11.9 Å². The van der Waals surface area contributed by atoms with E-state index in [0.717, 1.165) is 6.07 Å². The van der Waals surface area contributed by atoms with Gasteiger partial charge in [-0.25, -0.2) is 21.6 Å². The molecule has 2 fully saturated rings. The molecule has 5 atom stereocenters. The number of carbonyl (C=O) groups is 2. The van der Waals surface area contributed by atoms with Gasteiger partial charge >= 0.3 is 0 Å². The molecule has 0 radical (unpaired) electrons. The Labute approximate surface area is 241 Å². The van der Waals surface area contributed by atoms with Crippen LogP contribution in [0.2, 0.25) is 5.02 Å². The number of fused-ring (bicyclic) bond motifs is 2. The van der Waals surface area contributed by atoms with E-state index >= 15 is 0 Å². The van der Waals surface area contributed by atoms with Crippen molar-refractivity contribution in [3.63, 3.8) is 0 Å². The molecule has 0 aliphatic heterocycles. The summed E-state index contributed by atoms with van der Waals surface area (Å²) in [7, 11) is -4.07. The van der Waals surface area contributed by atoms with Gasteiger partial charge in [0.2, 0.25) is 5.91 Å². The molecule has 2 bridgehead atoms. The lowest BCUT2D eigenvalue weighted by atomic mass is 9.73. The number of anilines is 1. The summed E-state index contributed by atoms with van der Waals surface area (Å²) in [6.07, 6.45) is 6.13. The number of amides is 2. The molecule has 0 saturated heterocycles. The molecule has 5 rings (SSSR count). The molecule has 0 spiro atoms. The summed E-state index contributed by atoms with van der Waals surface area (Å²) in [5.41, 5.74) is -1.72. The molecular weight excluding hydrogens is 581 g/mol. The summed E-state index contributed by atoms with van der Waals surface area (Å²) in [5.74, 6) is -6.53. The Morgan fingerprint density at radius 3 is 2.34 bits per heavy atom. The van der Waals surface area contributed by atoms with Crippen LogP contribution in [-0.2, 0) is 14.6 Å². The number of aliphatic hydroxyl groups is 1. The van der Waals surface area contributed by atoms with Crippen LogP contribution in [0, 0.1) is 41.1 Å². The minimum absolute atomic E-state index is 0.0272. The Kier molecular flexibility index (Phi) is 7.99. The number of rotatable bonds is 7. The van der Waals surface area contributed by atoms with Crippen LogP contribution in [0.5, 0.6) is 0 Å². The first-order chi connectivity index (χ1) is 19.3. The number of carbonyl (C=O) groups excluding carboxylic acids is 2. The molecule has 3 aliphatic rings. The maximum atomic E-state index is 13.8. The van der Waals surface area contributed by atoms with Gasteiger partial charge in [0.1, 0.15) is 0 Å². The third-order valence-electron chi connectivity index (χ3n) is 8.86. The third kappa shape index (κ3) is 5.51. The highest BCUT2D eigenvalue weighted by Crippen LogP contribution is 2.54. The molecule has 7 nitrogen and oxygen atoms in total. The minimum atomic E-state index is -4.07. The average Bonchev–Trinajstić information content (AvgIpc) is 3.48. The van der Waals surface area contributed by atoms with Crippen LogP contribution < -0.4 is 10.6 Å². The smallest absolute Gasteiger partial charge is 0.255 e. The van der Waals surface area contributed by atoms with Crippen LogP contribution in [0.4, 0.5) is 18.9 Å². The molecule has 41 heavy (non-hydrogen) atoms. The summed E-state index contributed by atoms with van der Waals surface area (Å²) in [4.78, 5) is 25.1. The zero-order chi connectivity index (χ0) is 29.7. The Balaban J connectivity index is 1.33. The minimum Gasteiger partial charge on any atom is -0.387 e. The van der Waals surface area contributed by atoms with Crippen LogP contribution in [-0.4, -0.2) is 42.7 Å². The monoisotopic (exact) mass is 610 g/mol. The first kappa shape index (κ1) is 29.6. The van der Waals surface area contributed by atoms with Crippen molar-refractivity contribution in [3.05, 3.63) is 70.5 Å². The summed E-state index contributed by atoms with van der Waals surface area (Å²) in [5, 5.41) is 15.8. The number of benzene rings is 2. The van der Waals surface area contributed by atoms with Gasteiger partial charge in [-0.05, 0) is 68.1 Å². The molecule has 2 amide bonds. The Bertz CT molecular complexity index is 1500. The van der Waals surface area contributed by atoms with Gasteiger partial charge in [-0.1, -0.05) is 30.7 Å². The van der Waals surface area contributed by atoms with Gasteiger partial charge in [0, 0.05) is 35.8 Å². The van der Waals surface area contributed by atoms with Crippen LogP contribution in [0.1, 0.15) is 49.4 Å². The first-order valence-corrected chi connectivity index (χ1v) is 15.4. The third-order valence-corrected chi connectivity index (χ3v) is 11.5. The molecule has 0 aromatic heterocycles. The lowest BCUT2D eigenvalue weighted by molar-refractivity contribution is -0.128. The van der Waals surface area contributed by atoms with Crippen LogP contribution >= 0.6 is 11.6 Å². The average molecular weight is 611 g/mol. The van der Waals surface area contributed by atoms with Gasteiger partial charge in [0.15, 0.2) is 27.3 Å². The first-order valence-electron chi connectivity index (χ1n) is 13.5. The molecule has 2 aromatic rings. The summed E-state index contributed by atoms with van der Waals surface area (Å²) >= 11 is 6.29. The maximum Gasteiger partial charge on any atom is 0.255 e. The number of nitrogens with one attached hydrogen (secondary N) is 2. The van der Waals surface area contributed by atoms with Crippen LogP contribution in [0.15, 0.2) is 47.4 Å². The van der Waals surface area contributed by atoms with Crippen molar-refractivity contribution in [1.82, 2.24) is 5.32 Å². The molecule has 12 heteroatoms. The highest BCUT2D eigenvalue weighted by atomic mass is 35.5. The van der Waals surface area contributed by atoms with Gasteiger partial charge in [-0.15, -0.1) is 0 Å². The number of sulfone groups is 1. The standard InChI is InChI=1S/C29H30ClF3N2O5S/c1-15-8-18-10-20(13-21(15)29(18,38)14-34-27(36)16-4-2-3-5-16)41(39,40)25-9-17(6-7-22(25)30)28(37)35-19-11-23(31)26(33)24(32)12-19/h2-3,6-7,9,11-12,15-16,18,20-21,38H,4-5,8,10,13-14H2,1H3,(H,34,36)(H,35,37)/t15-,18?,20+,21+,29+/m0/s1. The van der Waals surface area contributed by atoms with Crippen molar-refractivity contribution < 1.29 is 36.3 Å². The van der Waals surface area contributed by atoms with E-state index in [2.05, 4.69) is 10.6 Å². The zero-order valence-corrected chi connectivity index (χ0v) is 23.7. The second-order valence-electron chi connectivity index (χ2n) is 11.4. The van der Waals surface area contributed by atoms with E-state index in [1.165, 1.54) is 12.1 Å². The molecule has 2 aromatic carbocycles. The van der Waals surface area contributed by atoms with E-state index in [-0.39, 0.29) is 70.1 Å². The quantitative estimate of drug-likeness (QED) is 0.301. The van der Waals surface area contributed by atoms with Crippen LogP contribution in [0.3, 0.4) is 0 Å². The predicted molar refractivity (Wildman–Crippen MR) is 147 cm³/mol. The summed E-state index contributed by atoms with van der Waals surface area (Å²) < 4.78 is 68.1. The lowest BCUT2D eigenvalue weighted by Crippen LogP contribution is -2.55. The zero-order valence-electron chi connectivity index (χ0n) is 22.2. The highest BCUT2D eigenvalue weighted by Gasteiger charge is 2.58. The van der Waals surface area contributed by atoms with E-state index in [1.54, 1.807) is 0 Å². The normalized spacial score (nSPS) is 27.7. The summed E-state index contributed by atoms with van der Waals surface area (Å²) in [6, 6.07) is 4.83. The number of halogens is 4. The molecule has 3 N–H and O–H groups in total. The lowest BCUT2D eigenvalue weighted by Gasteiger charge is -2.43. The fourth-order valence-corrected chi connectivity index (χ4v) is 9.03. The topological polar surface area (TPSA) is 113 Å². The second-order valence-corrected chi connectivity index (χ2v) is 14.0. The van der Waals surface area contributed by atoms with Crippen molar-refractivity contribution in [2.24, 2.45) is 23.7 Å². The largest absolute Gasteiger partial charge is 0.387 e. The number of hydrogen-bond acceptors (Lipinski definition) is 5. The fraction of sp³-hybridized carbons (Fsp3) is 0.448. The number of hydrogen-bond donors (Lipinski definition) is 3. The molecule has 220 valence electrons. The second kappa shape index (κ2) is 11.1. The van der Waals surface area contributed by atoms with Gasteiger partial charge < -0.3 is 15.7 Å². The van der Waals surface area contributed by atoms with E-state index in [4.69, 9.17) is 11.6 Å². The van der Waals surface area contributed by atoms with E-state index in [0.29, 0.717) is 31.4 Å². The highest BCUT2D eigenvalue weighted by molar-refractivity contribution is 7.92. The molecule has 3 aliphatic carbocycles. The van der Waals surface area contributed by atoms with E-state index in [9.17, 15) is 36.3 Å². The van der Waals surface area contributed by atoms with Gasteiger partial charge in [-0.3, -0.25) is 9.59 Å². The molecule has 2 saturated carbocycles. The van der Waals surface area contributed by atoms with E-state index < -0.39 is 44.0 Å². The number of allylic oxidation sites excluding steroid dienone is 2. The molecule has 1 unspecified atom stereocenters. The molecule has 0 heterocycles. The van der Waals surface area contributed by atoms with Gasteiger partial charge in [-0.2, -0.15) is 0 Å². The van der Waals surface area contributed by atoms with Crippen LogP contribution in [0.25, 0.3) is 0 Å². The maximum absolute atomic E-state index is 13.8. The van der Waals surface area contributed by atoms with Crippen molar-refractivity contribution in [2.45, 2.75) is 54.8 Å². The van der Waals surface area contributed by atoms with Crippen molar-refractivity contribution in [3.8, 4) is 0 Å². The molecular formula is C29H30ClF3N2O5S. The fourth-order valence-electron chi connectivity index (χ4n) is 6.65. The van der Waals surface area contributed by atoms with Crippen molar-refractivity contribution >= 4 is 38.9 Å². The van der Waals surface area contributed by atoms with E-state index in [1.807, 2.05) is 19.1 Å². The van der Waals surface area contributed by atoms with Gasteiger partial charge in [0.05, 0.1) is 20.8 Å². The Morgan fingerprint density at radius 2 is 1.71 bits per heavy atom. The van der Waals surface area contributed by atoms with Gasteiger partial charge in [0.25, 0.3) is 5.91 Å². The Morgan fingerprint density at radius 1 is 1.05 bits per heavy atom. The summed E-state index contributed by atoms with van der Waals surface area (Å²) in [6.45, 7) is 2.02.